The molecule has 2 aromatic rings. The van der Waals surface area contributed by atoms with Crippen LogP contribution in [0.25, 0.3) is 0 Å². The Bertz CT molecular complexity index is 875. The summed E-state index contributed by atoms with van der Waals surface area (Å²) in [5, 5.41) is 1.69. The molecule has 1 aromatic carbocycles. The van der Waals surface area contributed by atoms with Gasteiger partial charge in [-0.15, -0.1) is 11.3 Å². The first kappa shape index (κ1) is 18.6. The summed E-state index contributed by atoms with van der Waals surface area (Å²) in [4.78, 5) is 18.0. The second-order valence-corrected chi connectivity index (χ2v) is 8.21. The molecule has 0 spiro atoms. The minimum Gasteiger partial charge on any atom is -0.497 e. The standard InChI is InChI=1S/C16H19N3O5S2/c1-23-12-3-4-14(24-2)15(9-12)26(21,22)19-7-5-18(6-8-19)16(20)13-10-25-11-17-13/h3-4,9-11H,5-8H2,1-2H3. The number of hydrogen-bond donors (Lipinski definition) is 0. The first-order valence-corrected chi connectivity index (χ1v) is 10.3. The number of thiazole rings is 1. The Morgan fingerprint density at radius 1 is 1.15 bits per heavy atom. The maximum atomic E-state index is 13.0. The van der Waals surface area contributed by atoms with E-state index in [2.05, 4.69) is 4.98 Å². The van der Waals surface area contributed by atoms with Crippen LogP contribution < -0.4 is 9.47 Å². The van der Waals surface area contributed by atoms with Crippen LogP contribution in [-0.2, 0) is 10.0 Å². The molecule has 8 nitrogen and oxygen atoms in total. The van der Waals surface area contributed by atoms with Crippen molar-refractivity contribution in [3.63, 3.8) is 0 Å². The molecule has 1 saturated heterocycles. The van der Waals surface area contributed by atoms with Crippen molar-refractivity contribution in [2.45, 2.75) is 4.90 Å². The van der Waals surface area contributed by atoms with Crippen LogP contribution in [0.2, 0.25) is 0 Å². The van der Waals surface area contributed by atoms with Gasteiger partial charge in [-0.1, -0.05) is 0 Å². The summed E-state index contributed by atoms with van der Waals surface area (Å²) in [6.07, 6.45) is 0. The van der Waals surface area contributed by atoms with Crippen LogP contribution in [0.4, 0.5) is 0 Å². The molecule has 1 amide bonds. The molecule has 0 atom stereocenters. The van der Waals surface area contributed by atoms with Gasteiger partial charge in [0.05, 0.1) is 19.7 Å². The highest BCUT2D eigenvalue weighted by atomic mass is 32.2. The maximum absolute atomic E-state index is 13.0. The molecule has 0 N–H and O–H groups in total. The molecular weight excluding hydrogens is 378 g/mol. The van der Waals surface area contributed by atoms with Gasteiger partial charge in [0.1, 0.15) is 22.1 Å². The van der Waals surface area contributed by atoms with Crippen molar-refractivity contribution in [2.24, 2.45) is 0 Å². The van der Waals surface area contributed by atoms with E-state index in [9.17, 15) is 13.2 Å². The van der Waals surface area contributed by atoms with E-state index in [4.69, 9.17) is 9.47 Å². The lowest BCUT2D eigenvalue weighted by Crippen LogP contribution is -2.50. The Balaban J connectivity index is 1.77. The highest BCUT2D eigenvalue weighted by molar-refractivity contribution is 7.89. The quantitative estimate of drug-likeness (QED) is 0.756. The van der Waals surface area contributed by atoms with E-state index in [1.165, 1.54) is 35.9 Å². The van der Waals surface area contributed by atoms with Gasteiger partial charge in [0, 0.05) is 37.6 Å². The van der Waals surface area contributed by atoms with E-state index in [1.54, 1.807) is 27.9 Å². The molecule has 0 radical (unpaired) electrons. The number of ether oxygens (including phenoxy) is 2. The molecule has 0 unspecified atom stereocenters. The number of aromatic nitrogens is 1. The van der Waals surface area contributed by atoms with Crippen molar-refractivity contribution in [3.05, 3.63) is 34.8 Å². The zero-order valence-corrected chi connectivity index (χ0v) is 16.0. The van der Waals surface area contributed by atoms with Crippen LogP contribution in [0.5, 0.6) is 11.5 Å². The molecule has 1 aliphatic rings. The summed E-state index contributed by atoms with van der Waals surface area (Å²) in [7, 11) is -0.868. The van der Waals surface area contributed by atoms with E-state index in [0.717, 1.165) is 0 Å². The maximum Gasteiger partial charge on any atom is 0.273 e. The van der Waals surface area contributed by atoms with Crippen LogP contribution in [0.1, 0.15) is 10.5 Å². The topological polar surface area (TPSA) is 89.0 Å². The molecule has 3 rings (SSSR count). The van der Waals surface area contributed by atoms with Crippen molar-refractivity contribution >= 4 is 27.3 Å². The highest BCUT2D eigenvalue weighted by Gasteiger charge is 2.33. The number of carbonyl (C=O) groups excluding carboxylic acids is 1. The van der Waals surface area contributed by atoms with Crippen LogP contribution in [0.3, 0.4) is 0 Å². The molecule has 140 valence electrons. The summed E-state index contributed by atoms with van der Waals surface area (Å²) in [6, 6.07) is 4.65. The normalized spacial score (nSPS) is 15.7. The smallest absolute Gasteiger partial charge is 0.273 e. The van der Waals surface area contributed by atoms with E-state index in [0.29, 0.717) is 24.5 Å². The molecule has 1 aromatic heterocycles. The largest absolute Gasteiger partial charge is 0.497 e. The van der Waals surface area contributed by atoms with Crippen LogP contribution in [0.15, 0.2) is 34.0 Å². The number of piperazine rings is 1. The number of amides is 1. The van der Waals surface area contributed by atoms with Crippen LogP contribution in [0, 0.1) is 0 Å². The van der Waals surface area contributed by atoms with Gasteiger partial charge < -0.3 is 14.4 Å². The Morgan fingerprint density at radius 3 is 2.46 bits per heavy atom. The minimum absolute atomic E-state index is 0.0543. The van der Waals surface area contributed by atoms with Crippen molar-refractivity contribution in [1.29, 1.82) is 0 Å². The van der Waals surface area contributed by atoms with Gasteiger partial charge in [-0.05, 0) is 12.1 Å². The monoisotopic (exact) mass is 397 g/mol. The van der Waals surface area contributed by atoms with E-state index >= 15 is 0 Å². The molecule has 0 aliphatic carbocycles. The Hall–Kier alpha value is -2.17. The number of sulfonamides is 1. The molecule has 10 heteroatoms. The molecule has 0 saturated carbocycles. The van der Waals surface area contributed by atoms with Gasteiger partial charge in [0.25, 0.3) is 5.91 Å². The van der Waals surface area contributed by atoms with Gasteiger partial charge in [0.15, 0.2) is 0 Å². The zero-order chi connectivity index (χ0) is 18.7. The third-order valence-corrected chi connectivity index (χ3v) is 6.67. The van der Waals surface area contributed by atoms with Crippen LogP contribution in [-0.4, -0.2) is 68.9 Å². The molecule has 1 aliphatic heterocycles. The summed E-state index contributed by atoms with van der Waals surface area (Å²) >= 11 is 1.35. The number of benzene rings is 1. The molecular formula is C16H19N3O5S2. The number of carbonyl (C=O) groups is 1. The van der Waals surface area contributed by atoms with Crippen molar-refractivity contribution in [1.82, 2.24) is 14.2 Å². The van der Waals surface area contributed by atoms with E-state index in [-0.39, 0.29) is 29.6 Å². The SMILES string of the molecule is COc1ccc(OC)c(S(=O)(=O)N2CCN(C(=O)c3cscn3)CC2)c1. The molecule has 0 bridgehead atoms. The Morgan fingerprint density at radius 2 is 1.88 bits per heavy atom. The summed E-state index contributed by atoms with van der Waals surface area (Å²) in [6.45, 7) is 1.03. The predicted molar refractivity (Wildman–Crippen MR) is 96.3 cm³/mol. The minimum atomic E-state index is -3.76. The lowest BCUT2D eigenvalue weighted by Gasteiger charge is -2.33. The van der Waals surface area contributed by atoms with Gasteiger partial charge >= 0.3 is 0 Å². The van der Waals surface area contributed by atoms with Crippen LogP contribution >= 0.6 is 11.3 Å². The van der Waals surface area contributed by atoms with E-state index < -0.39 is 10.0 Å². The molecule has 26 heavy (non-hydrogen) atoms. The predicted octanol–water partition coefficient (Wildman–Crippen LogP) is 1.31. The second kappa shape index (κ2) is 7.60. The summed E-state index contributed by atoms with van der Waals surface area (Å²) < 4.78 is 37.7. The third kappa shape index (κ3) is 3.53. The van der Waals surface area contributed by atoms with E-state index in [1.807, 2.05) is 0 Å². The number of nitrogens with zero attached hydrogens (tertiary/aromatic N) is 3. The number of hydrogen-bond acceptors (Lipinski definition) is 7. The fourth-order valence-electron chi connectivity index (χ4n) is 2.74. The fourth-order valence-corrected chi connectivity index (χ4v) is 4.86. The fraction of sp³-hybridized carbons (Fsp3) is 0.375. The van der Waals surface area contributed by atoms with Crippen molar-refractivity contribution in [3.8, 4) is 11.5 Å². The highest BCUT2D eigenvalue weighted by Crippen LogP contribution is 2.31. The second-order valence-electron chi connectivity index (χ2n) is 5.59. The van der Waals surface area contributed by atoms with Crippen molar-refractivity contribution in [2.75, 3.05) is 40.4 Å². The molecule has 1 fully saturated rings. The lowest BCUT2D eigenvalue weighted by molar-refractivity contribution is 0.0692. The zero-order valence-electron chi connectivity index (χ0n) is 14.4. The molecule has 2 heterocycles. The van der Waals surface area contributed by atoms with Gasteiger partial charge in [0.2, 0.25) is 10.0 Å². The average molecular weight is 397 g/mol. The summed E-state index contributed by atoms with van der Waals surface area (Å²) in [5.41, 5.74) is 1.99. The van der Waals surface area contributed by atoms with Gasteiger partial charge in [-0.2, -0.15) is 4.31 Å². The average Bonchev–Trinajstić information content (AvgIpc) is 3.21. The summed E-state index contributed by atoms with van der Waals surface area (Å²) in [5.74, 6) is 0.510. The Kier molecular flexibility index (Phi) is 5.44. The number of methoxy groups -OCH3 is 2. The Labute approximate surface area is 156 Å². The first-order valence-electron chi connectivity index (χ1n) is 7.87. The lowest BCUT2D eigenvalue weighted by atomic mass is 10.3. The van der Waals surface area contributed by atoms with Crippen molar-refractivity contribution < 1.29 is 22.7 Å². The number of rotatable bonds is 5. The third-order valence-electron chi connectivity index (χ3n) is 4.17. The van der Waals surface area contributed by atoms with Gasteiger partial charge in [-0.3, -0.25) is 4.79 Å². The van der Waals surface area contributed by atoms with Gasteiger partial charge in [-0.25, -0.2) is 13.4 Å². The first-order chi connectivity index (χ1) is 12.5.